The molecule has 1 aliphatic heterocycles. The number of nitrogens with one attached hydrogen (secondary N) is 1. The van der Waals surface area contributed by atoms with Crippen LogP contribution in [0.1, 0.15) is 17.2 Å². The normalized spacial score (nSPS) is 24.7. The number of fused-ring (bicyclic) bond motifs is 3. The average molecular weight is 396 g/mol. The highest BCUT2D eigenvalue weighted by molar-refractivity contribution is 7.90. The van der Waals surface area contributed by atoms with Gasteiger partial charge in [0.2, 0.25) is 0 Å². The smallest absolute Gasteiger partial charge is 0.353 e. The molecule has 0 bridgehead atoms. The van der Waals surface area contributed by atoms with Gasteiger partial charge in [0.25, 0.3) is 10.0 Å². The fourth-order valence-electron chi connectivity index (χ4n) is 3.31. The molecule has 0 aromatic heterocycles. The molecule has 1 aliphatic carbocycles. The summed E-state index contributed by atoms with van der Waals surface area (Å²) in [6.07, 6.45) is 0.346. The Labute approximate surface area is 151 Å². The second-order valence-electron chi connectivity index (χ2n) is 6.03. The predicted octanol–water partition coefficient (Wildman–Crippen LogP) is 1.13. The molecule has 26 heavy (non-hydrogen) atoms. The van der Waals surface area contributed by atoms with Gasteiger partial charge in [-0.3, -0.25) is 0 Å². The lowest BCUT2D eigenvalue weighted by molar-refractivity contribution is -0.0244. The van der Waals surface area contributed by atoms with Crippen LogP contribution in [0.15, 0.2) is 53.4 Å². The topological polar surface area (TPSA) is 102 Å². The van der Waals surface area contributed by atoms with Gasteiger partial charge in [-0.2, -0.15) is 13.1 Å². The zero-order valence-corrected chi connectivity index (χ0v) is 15.3. The Morgan fingerprint density at radius 2 is 1.85 bits per heavy atom. The van der Waals surface area contributed by atoms with Gasteiger partial charge in [-0.15, -0.1) is 4.28 Å². The van der Waals surface area contributed by atoms with E-state index in [1.54, 1.807) is 12.1 Å². The summed E-state index contributed by atoms with van der Waals surface area (Å²) in [6, 6.07) is 11.5. The number of benzene rings is 2. The number of ether oxygens (including phenoxy) is 1. The van der Waals surface area contributed by atoms with Crippen LogP contribution >= 0.6 is 0 Å². The molecule has 1 heterocycles. The first-order valence-electron chi connectivity index (χ1n) is 7.80. The first kappa shape index (κ1) is 17.4. The summed E-state index contributed by atoms with van der Waals surface area (Å²) >= 11 is 0. The van der Waals surface area contributed by atoms with Gasteiger partial charge in [-0.1, -0.05) is 28.7 Å². The van der Waals surface area contributed by atoms with Crippen molar-refractivity contribution in [1.82, 2.24) is 9.19 Å². The maximum atomic E-state index is 13.0. The Bertz CT molecular complexity index is 1050. The summed E-state index contributed by atoms with van der Waals surface area (Å²) in [7, 11) is -6.99. The van der Waals surface area contributed by atoms with Crippen molar-refractivity contribution < 1.29 is 25.9 Å². The Balaban J connectivity index is 1.77. The van der Waals surface area contributed by atoms with Crippen molar-refractivity contribution in [2.45, 2.75) is 23.4 Å². The number of hydrogen-bond acceptors (Lipinski definition) is 6. The summed E-state index contributed by atoms with van der Waals surface area (Å²) < 4.78 is 63.2. The van der Waals surface area contributed by atoms with Crippen molar-refractivity contribution in [2.24, 2.45) is 0 Å². The Hall–Kier alpha value is -1.98. The van der Waals surface area contributed by atoms with E-state index in [4.69, 9.17) is 9.02 Å². The van der Waals surface area contributed by atoms with Gasteiger partial charge in [0, 0.05) is 0 Å². The van der Waals surface area contributed by atoms with Crippen molar-refractivity contribution in [3.05, 3.63) is 59.7 Å². The molecule has 1 saturated heterocycles. The molecular weight excluding hydrogens is 380 g/mol. The van der Waals surface area contributed by atoms with Gasteiger partial charge in [0.1, 0.15) is 5.75 Å². The van der Waals surface area contributed by atoms with Gasteiger partial charge in [-0.25, -0.2) is 8.42 Å². The zero-order chi connectivity index (χ0) is 18.5. The van der Waals surface area contributed by atoms with Crippen LogP contribution < -0.4 is 9.46 Å². The van der Waals surface area contributed by atoms with Gasteiger partial charge >= 0.3 is 10.3 Å². The van der Waals surface area contributed by atoms with Crippen molar-refractivity contribution in [2.75, 3.05) is 7.11 Å². The van der Waals surface area contributed by atoms with Gasteiger partial charge in [0.05, 0.1) is 24.1 Å². The number of nitrogens with zero attached hydrogens (tertiary/aromatic N) is 1. The van der Waals surface area contributed by atoms with Gasteiger partial charge in [0.15, 0.2) is 0 Å². The molecule has 138 valence electrons. The second-order valence-corrected chi connectivity index (χ2v) is 9.10. The first-order valence-corrected chi connectivity index (χ1v) is 10.6. The SMILES string of the molecule is COc1ccc(S(=O)(=O)N2OS(=O)(=O)N[C@@H]3c4ccccc4C[C@@H]32)cc1. The van der Waals surface area contributed by atoms with Crippen LogP contribution in [0, 0.1) is 0 Å². The third kappa shape index (κ3) is 2.79. The van der Waals surface area contributed by atoms with E-state index >= 15 is 0 Å². The van der Waals surface area contributed by atoms with Crippen molar-refractivity contribution in [3.8, 4) is 5.75 Å². The molecule has 1 fully saturated rings. The summed E-state index contributed by atoms with van der Waals surface area (Å²) in [5, 5.41) is 0. The molecule has 0 radical (unpaired) electrons. The Morgan fingerprint density at radius 1 is 1.15 bits per heavy atom. The van der Waals surface area contributed by atoms with Crippen LogP contribution in [0.3, 0.4) is 0 Å². The van der Waals surface area contributed by atoms with Crippen LogP contribution in [-0.4, -0.2) is 34.5 Å². The van der Waals surface area contributed by atoms with E-state index in [1.165, 1.54) is 31.4 Å². The molecule has 0 amide bonds. The highest BCUT2D eigenvalue weighted by Gasteiger charge is 2.50. The third-order valence-electron chi connectivity index (χ3n) is 4.51. The molecule has 8 nitrogen and oxygen atoms in total. The van der Waals surface area contributed by atoms with Crippen LogP contribution in [0.5, 0.6) is 5.75 Å². The molecular formula is C16H16N2O6S2. The highest BCUT2D eigenvalue weighted by atomic mass is 32.2. The summed E-state index contributed by atoms with van der Waals surface area (Å²) in [5.41, 5.74) is 1.63. The number of sulfonamides is 1. The van der Waals surface area contributed by atoms with E-state index in [9.17, 15) is 16.8 Å². The summed E-state index contributed by atoms with van der Waals surface area (Å²) in [4.78, 5) is -0.0786. The fourth-order valence-corrected chi connectivity index (χ4v) is 6.05. The lowest BCUT2D eigenvalue weighted by atomic mass is 10.1. The Kier molecular flexibility index (Phi) is 4.04. The number of methoxy groups -OCH3 is 1. The number of rotatable bonds is 3. The first-order chi connectivity index (χ1) is 12.3. The zero-order valence-electron chi connectivity index (χ0n) is 13.7. The highest BCUT2D eigenvalue weighted by Crippen LogP contribution is 2.40. The van der Waals surface area contributed by atoms with Crippen molar-refractivity contribution in [1.29, 1.82) is 0 Å². The largest absolute Gasteiger partial charge is 0.497 e. The monoisotopic (exact) mass is 396 g/mol. The molecule has 2 aliphatic rings. The van der Waals surface area contributed by atoms with E-state index in [2.05, 4.69) is 4.72 Å². The summed E-state index contributed by atoms with van der Waals surface area (Å²) in [5.74, 6) is 0.490. The second kappa shape index (κ2) is 6.03. The maximum absolute atomic E-state index is 13.0. The molecule has 10 heteroatoms. The van der Waals surface area contributed by atoms with Crippen LogP contribution in [0.25, 0.3) is 0 Å². The number of hydroxylamine groups is 1. The van der Waals surface area contributed by atoms with Crippen molar-refractivity contribution in [3.63, 3.8) is 0 Å². The molecule has 4 rings (SSSR count). The minimum atomic E-state index is -4.26. The van der Waals surface area contributed by atoms with E-state index in [-0.39, 0.29) is 4.90 Å². The van der Waals surface area contributed by atoms with Crippen LogP contribution in [-0.2, 0) is 31.0 Å². The van der Waals surface area contributed by atoms with E-state index < -0.39 is 32.4 Å². The minimum Gasteiger partial charge on any atom is -0.497 e. The minimum absolute atomic E-state index is 0.0786. The molecule has 2 aromatic rings. The standard InChI is InChI=1S/C16H16N2O6S2/c1-23-12-6-8-13(9-7-12)25(19,20)18-15-10-11-4-2-3-5-14(11)16(15)17-26(21,22)24-18/h2-9,15-17H,10H2,1H3/t15-,16+/m0/s1. The van der Waals surface area contributed by atoms with E-state index in [1.807, 2.05) is 12.1 Å². The molecule has 0 spiro atoms. The maximum Gasteiger partial charge on any atom is 0.353 e. The Morgan fingerprint density at radius 3 is 2.54 bits per heavy atom. The molecule has 2 atom stereocenters. The molecule has 1 N–H and O–H groups in total. The van der Waals surface area contributed by atoms with Crippen molar-refractivity contribution >= 4 is 20.3 Å². The average Bonchev–Trinajstić information content (AvgIpc) is 2.98. The quantitative estimate of drug-likeness (QED) is 0.835. The lowest BCUT2D eigenvalue weighted by Gasteiger charge is -2.35. The molecule has 0 unspecified atom stereocenters. The third-order valence-corrected chi connectivity index (χ3v) is 7.19. The summed E-state index contributed by atoms with van der Waals surface area (Å²) in [6.45, 7) is 0. The molecule has 2 aromatic carbocycles. The van der Waals surface area contributed by atoms with Crippen LogP contribution in [0.2, 0.25) is 0 Å². The van der Waals surface area contributed by atoms with Crippen LogP contribution in [0.4, 0.5) is 0 Å². The fraction of sp³-hybridized carbons (Fsp3) is 0.250. The van der Waals surface area contributed by atoms with E-state index in [0.29, 0.717) is 16.6 Å². The molecule has 0 saturated carbocycles. The van der Waals surface area contributed by atoms with Gasteiger partial charge < -0.3 is 4.74 Å². The predicted molar refractivity (Wildman–Crippen MR) is 91.8 cm³/mol. The lowest BCUT2D eigenvalue weighted by Crippen LogP contribution is -2.54. The number of hydrogen-bond donors (Lipinski definition) is 1. The van der Waals surface area contributed by atoms with Gasteiger partial charge in [-0.05, 0) is 41.8 Å². The van der Waals surface area contributed by atoms with E-state index in [0.717, 1.165) is 11.1 Å².